The van der Waals surface area contributed by atoms with Crippen molar-refractivity contribution in [1.29, 1.82) is 0 Å². The molecular formula is C10H8F6O4. The second kappa shape index (κ2) is 7.56. The molecule has 4 nitrogen and oxygen atoms in total. The summed E-state index contributed by atoms with van der Waals surface area (Å²) in [5, 5.41) is 0. The van der Waals surface area contributed by atoms with Gasteiger partial charge in [-0.3, -0.25) is 0 Å². The molecule has 0 amide bonds. The van der Waals surface area contributed by atoms with Gasteiger partial charge in [0.25, 0.3) is 0 Å². The first-order valence-electron chi connectivity index (χ1n) is 4.84. The maximum absolute atomic E-state index is 11.6. The van der Waals surface area contributed by atoms with Crippen LogP contribution in [0.1, 0.15) is 0 Å². The van der Waals surface area contributed by atoms with Crippen LogP contribution < -0.4 is 0 Å². The molecule has 10 heteroatoms. The molecule has 0 spiro atoms. The van der Waals surface area contributed by atoms with Gasteiger partial charge in [-0.1, -0.05) is 0 Å². The van der Waals surface area contributed by atoms with Crippen LogP contribution in [0.5, 0.6) is 0 Å². The highest BCUT2D eigenvalue weighted by Gasteiger charge is 2.23. The lowest BCUT2D eigenvalue weighted by molar-refractivity contribution is -0.166. The summed E-state index contributed by atoms with van der Waals surface area (Å²) in [6.45, 7) is -1.66. The Morgan fingerprint density at radius 3 is 1.30 bits per heavy atom. The smallest absolute Gasteiger partial charge is 0.417 e. The molecule has 0 aliphatic heterocycles. The fraction of sp³-hybridized carbons (Fsp3) is 0.400. The quantitative estimate of drug-likeness (QED) is 0.346. The van der Waals surface area contributed by atoms with Crippen molar-refractivity contribution in [2.24, 2.45) is 0 Å². The zero-order valence-electron chi connectivity index (χ0n) is 9.62. The van der Waals surface area contributed by atoms with Crippen LogP contribution in [0.3, 0.4) is 0 Å². The summed E-state index contributed by atoms with van der Waals surface area (Å²) in [6, 6.07) is 0. The molecule has 20 heavy (non-hydrogen) atoms. The van der Waals surface area contributed by atoms with Crippen molar-refractivity contribution >= 4 is 11.9 Å². The zero-order valence-corrected chi connectivity index (χ0v) is 9.62. The minimum Gasteiger partial charge on any atom is -0.453 e. The van der Waals surface area contributed by atoms with Crippen LogP contribution in [-0.2, 0) is 19.1 Å². The van der Waals surface area contributed by atoms with Crippen LogP contribution in [0.2, 0.25) is 0 Å². The summed E-state index contributed by atoms with van der Waals surface area (Å²) in [5.41, 5.74) is 0. The summed E-state index contributed by atoms with van der Waals surface area (Å²) < 4.78 is 77.8. The number of carbonyl (C=O) groups excluding carboxylic acids is 2. The Labute approximate surface area is 108 Å². The summed E-state index contributed by atoms with van der Waals surface area (Å²) in [4.78, 5) is 21.6. The molecule has 0 unspecified atom stereocenters. The fourth-order valence-corrected chi connectivity index (χ4v) is 0.729. The number of allylic oxidation sites excluding steroid dienone is 2. The molecule has 0 N–H and O–H groups in total. The molecule has 0 saturated carbocycles. The molecule has 0 radical (unpaired) electrons. The zero-order chi connectivity index (χ0) is 15.8. The second-order valence-electron chi connectivity index (χ2n) is 3.08. The maximum Gasteiger partial charge on any atom is 0.417 e. The van der Waals surface area contributed by atoms with E-state index in [-0.39, 0.29) is 12.2 Å². The largest absolute Gasteiger partial charge is 0.453 e. The Balaban J connectivity index is 3.97. The van der Waals surface area contributed by atoms with E-state index in [2.05, 4.69) is 9.47 Å². The van der Waals surface area contributed by atoms with E-state index in [0.717, 1.165) is 0 Å². The summed E-state index contributed by atoms with van der Waals surface area (Å²) in [5.74, 6) is -3.23. The predicted molar refractivity (Wildman–Crippen MR) is 52.3 cm³/mol. The summed E-state index contributed by atoms with van der Waals surface area (Å²) in [7, 11) is 0. The van der Waals surface area contributed by atoms with Gasteiger partial charge in [0.15, 0.2) is 0 Å². The minimum atomic E-state index is -4.59. The van der Waals surface area contributed by atoms with E-state index in [1.807, 2.05) is 0 Å². The summed E-state index contributed by atoms with van der Waals surface area (Å²) in [6.07, 6.45) is -8.72. The lowest BCUT2D eigenvalue weighted by atomic mass is 10.5. The first kappa shape index (κ1) is 18.0. The van der Waals surface area contributed by atoms with Gasteiger partial charge in [-0.2, -0.15) is 26.3 Å². The third-order valence-electron chi connectivity index (χ3n) is 1.40. The van der Waals surface area contributed by atoms with Crippen molar-refractivity contribution in [3.05, 3.63) is 24.3 Å². The Morgan fingerprint density at radius 1 is 0.750 bits per heavy atom. The lowest BCUT2D eigenvalue weighted by Gasteiger charge is -2.02. The predicted octanol–water partition coefficient (Wildman–Crippen LogP) is 2.31. The molecule has 0 heterocycles. The van der Waals surface area contributed by atoms with E-state index in [1.165, 1.54) is 0 Å². The van der Waals surface area contributed by atoms with E-state index in [1.54, 1.807) is 0 Å². The first-order chi connectivity index (χ1) is 9.01. The van der Waals surface area contributed by atoms with Crippen molar-refractivity contribution in [3.8, 4) is 0 Å². The molecule has 0 rings (SSSR count). The number of hydrogen-bond donors (Lipinski definition) is 0. The van der Waals surface area contributed by atoms with Crippen LogP contribution in [0.15, 0.2) is 24.3 Å². The third kappa shape index (κ3) is 11.1. The van der Waals surface area contributed by atoms with E-state index in [9.17, 15) is 35.9 Å². The highest BCUT2D eigenvalue weighted by atomic mass is 19.4. The molecule has 114 valence electrons. The molecular weight excluding hydrogens is 298 g/mol. The van der Waals surface area contributed by atoms with Gasteiger partial charge in [0.05, 0.1) is 0 Å². The standard InChI is InChI=1S/C10H8F6O4/c11-9(12,13)3-1-5-19-7(17)8(18)20-6-2-4-10(14,15)16/h1-4H,5-6H2. The Kier molecular flexibility index (Phi) is 6.80. The van der Waals surface area contributed by atoms with Gasteiger partial charge in [-0.05, 0) is 12.2 Å². The second-order valence-corrected chi connectivity index (χ2v) is 3.08. The van der Waals surface area contributed by atoms with Crippen LogP contribution in [-0.4, -0.2) is 37.5 Å². The van der Waals surface area contributed by atoms with Crippen LogP contribution in [0, 0.1) is 0 Å². The van der Waals surface area contributed by atoms with Crippen LogP contribution in [0.4, 0.5) is 26.3 Å². The van der Waals surface area contributed by atoms with Gasteiger partial charge in [0, 0.05) is 12.2 Å². The van der Waals surface area contributed by atoms with Gasteiger partial charge in [-0.25, -0.2) is 9.59 Å². The number of carbonyl (C=O) groups is 2. The van der Waals surface area contributed by atoms with Crippen molar-refractivity contribution in [2.45, 2.75) is 12.4 Å². The van der Waals surface area contributed by atoms with Crippen molar-refractivity contribution in [1.82, 2.24) is 0 Å². The summed E-state index contributed by atoms with van der Waals surface area (Å²) >= 11 is 0. The highest BCUT2D eigenvalue weighted by Crippen LogP contribution is 2.16. The minimum absolute atomic E-state index is 0.211. The van der Waals surface area contributed by atoms with Crippen molar-refractivity contribution in [3.63, 3.8) is 0 Å². The normalized spacial score (nSPS) is 12.9. The Hall–Kier alpha value is -2.00. The number of ether oxygens (including phenoxy) is 2. The van der Waals surface area contributed by atoms with Gasteiger partial charge in [0.2, 0.25) is 0 Å². The number of rotatable bonds is 4. The number of hydrogen-bond acceptors (Lipinski definition) is 4. The third-order valence-corrected chi connectivity index (χ3v) is 1.40. The van der Waals surface area contributed by atoms with E-state index >= 15 is 0 Å². The molecule has 0 atom stereocenters. The SMILES string of the molecule is O=C(OCC=CC(F)(F)F)C(=O)OCC=CC(F)(F)F. The van der Waals surface area contributed by atoms with Gasteiger partial charge in [-0.15, -0.1) is 0 Å². The molecule has 0 saturated heterocycles. The van der Waals surface area contributed by atoms with Crippen LogP contribution in [0.25, 0.3) is 0 Å². The van der Waals surface area contributed by atoms with E-state index < -0.39 is 37.5 Å². The van der Waals surface area contributed by atoms with Gasteiger partial charge < -0.3 is 9.47 Å². The monoisotopic (exact) mass is 306 g/mol. The maximum atomic E-state index is 11.6. The highest BCUT2D eigenvalue weighted by molar-refractivity contribution is 6.29. The molecule has 0 aromatic heterocycles. The Bertz CT molecular complexity index is 356. The average molecular weight is 306 g/mol. The van der Waals surface area contributed by atoms with Gasteiger partial charge in [0.1, 0.15) is 13.2 Å². The molecule has 0 aliphatic carbocycles. The number of halogens is 6. The van der Waals surface area contributed by atoms with Gasteiger partial charge >= 0.3 is 24.3 Å². The average Bonchev–Trinajstić information content (AvgIpc) is 2.27. The molecule has 0 bridgehead atoms. The number of alkyl halides is 6. The fourth-order valence-electron chi connectivity index (χ4n) is 0.729. The van der Waals surface area contributed by atoms with Crippen LogP contribution >= 0.6 is 0 Å². The van der Waals surface area contributed by atoms with E-state index in [4.69, 9.17) is 0 Å². The van der Waals surface area contributed by atoms with E-state index in [0.29, 0.717) is 12.2 Å². The number of esters is 2. The Morgan fingerprint density at radius 2 is 1.05 bits per heavy atom. The van der Waals surface area contributed by atoms with Crippen molar-refractivity contribution < 1.29 is 45.4 Å². The van der Waals surface area contributed by atoms with Crippen molar-refractivity contribution in [2.75, 3.05) is 13.2 Å². The molecule has 0 fully saturated rings. The molecule has 0 aliphatic rings. The molecule has 0 aromatic carbocycles. The molecule has 0 aromatic rings. The first-order valence-corrected chi connectivity index (χ1v) is 4.84. The topological polar surface area (TPSA) is 52.6 Å². The lowest BCUT2D eigenvalue weighted by Crippen LogP contribution is -2.20.